The monoisotopic (exact) mass is 425 g/mol. The van der Waals surface area contributed by atoms with Gasteiger partial charge in [-0.3, -0.25) is 18.7 Å². The van der Waals surface area contributed by atoms with Crippen molar-refractivity contribution in [3.63, 3.8) is 0 Å². The summed E-state index contributed by atoms with van der Waals surface area (Å²) >= 11 is 0. The third kappa shape index (κ3) is 3.47. The Morgan fingerprint density at radius 3 is 1.50 bits per heavy atom. The predicted molar refractivity (Wildman–Crippen MR) is 125 cm³/mol. The maximum Gasteiger partial charge on any atom is 0.245 e. The predicted octanol–water partition coefficient (Wildman–Crippen LogP) is 2.80. The Hall–Kier alpha value is -4.14. The SMILES string of the molecule is [2H]c1cc2cc3nc(cc4ccc(cc5nc(cc1n2C(=O)CN)C=C5)n4C(=O)CN)C=C3. The maximum absolute atomic E-state index is 12.6. The van der Waals surface area contributed by atoms with Crippen LogP contribution in [-0.2, 0) is 0 Å². The first-order valence-corrected chi connectivity index (χ1v) is 10.0. The van der Waals surface area contributed by atoms with E-state index in [4.69, 9.17) is 12.8 Å². The van der Waals surface area contributed by atoms with Crippen molar-refractivity contribution in [1.82, 2.24) is 19.1 Å². The van der Waals surface area contributed by atoms with Crippen molar-refractivity contribution in [2.45, 2.75) is 0 Å². The number of nitrogens with two attached hydrogens (primary N) is 2. The molecule has 2 aliphatic heterocycles. The molecular formula is C24H20N6O2. The van der Waals surface area contributed by atoms with Crippen molar-refractivity contribution >= 4 is 58.2 Å². The minimum absolute atomic E-state index is 0.142. The zero-order chi connectivity index (χ0) is 23.1. The van der Waals surface area contributed by atoms with Gasteiger partial charge in [0.25, 0.3) is 0 Å². The average Bonchev–Trinajstić information content (AvgIpc) is 3.57. The molecule has 0 amide bonds. The number of carbonyl (C=O) groups is 2. The van der Waals surface area contributed by atoms with Gasteiger partial charge in [0.05, 0.1) is 59.3 Å². The summed E-state index contributed by atoms with van der Waals surface area (Å²) in [5.41, 5.74) is 15.9. The summed E-state index contributed by atoms with van der Waals surface area (Å²) in [7, 11) is 0. The molecular weight excluding hydrogens is 404 g/mol. The molecule has 0 unspecified atom stereocenters. The van der Waals surface area contributed by atoms with Crippen molar-refractivity contribution in [3.05, 3.63) is 71.3 Å². The van der Waals surface area contributed by atoms with Crippen LogP contribution in [0.4, 0.5) is 0 Å². The quantitative estimate of drug-likeness (QED) is 0.448. The van der Waals surface area contributed by atoms with Crippen LogP contribution in [0.25, 0.3) is 46.4 Å². The standard InChI is InChI=1S/C24H20N6O2/c25-13-23(31)29-19-5-6-21(29)11-17-3-4-18(28-17)12-22-8-7-20(30(22)24(32)14-26)10-16-2-1-15(9-19)27-16/h1-12H,13-14,25-26H2/i5D. The van der Waals surface area contributed by atoms with Crippen molar-refractivity contribution in [1.29, 1.82) is 0 Å². The molecule has 0 spiro atoms. The second-order valence-electron chi connectivity index (χ2n) is 7.32. The summed E-state index contributed by atoms with van der Waals surface area (Å²) in [4.78, 5) is 34.4. The second kappa shape index (κ2) is 7.84. The lowest BCUT2D eigenvalue weighted by Gasteiger charge is -2.03. The van der Waals surface area contributed by atoms with Gasteiger partial charge in [-0.2, -0.15) is 0 Å². The highest BCUT2D eigenvalue weighted by Gasteiger charge is 2.11. The number of rotatable bonds is 2. The van der Waals surface area contributed by atoms with E-state index >= 15 is 0 Å². The van der Waals surface area contributed by atoms with Gasteiger partial charge in [-0.05, 0) is 72.8 Å². The molecule has 5 rings (SSSR count). The van der Waals surface area contributed by atoms with Crippen LogP contribution in [0, 0.1) is 0 Å². The van der Waals surface area contributed by atoms with Gasteiger partial charge in [-0.15, -0.1) is 0 Å². The van der Waals surface area contributed by atoms with Gasteiger partial charge in [-0.1, -0.05) is 0 Å². The van der Waals surface area contributed by atoms with Crippen LogP contribution in [-0.4, -0.2) is 44.0 Å². The Balaban J connectivity index is 1.93. The lowest BCUT2D eigenvalue weighted by molar-refractivity contribution is 0.0925. The fourth-order valence-electron chi connectivity index (χ4n) is 3.78. The van der Waals surface area contributed by atoms with E-state index in [0.717, 1.165) is 0 Å². The van der Waals surface area contributed by atoms with Gasteiger partial charge in [0.2, 0.25) is 11.8 Å². The summed E-state index contributed by atoms with van der Waals surface area (Å²) in [6.45, 7) is -0.346. The zero-order valence-corrected chi connectivity index (χ0v) is 17.0. The molecule has 0 aromatic carbocycles. The molecule has 0 saturated heterocycles. The van der Waals surface area contributed by atoms with Gasteiger partial charge in [0.1, 0.15) is 0 Å². The van der Waals surface area contributed by atoms with Crippen LogP contribution in [0.1, 0.15) is 33.7 Å². The summed E-state index contributed by atoms with van der Waals surface area (Å²) in [5.74, 6) is -0.591. The Kier molecular flexibility index (Phi) is 4.56. The minimum Gasteiger partial charge on any atom is -0.322 e. The van der Waals surface area contributed by atoms with E-state index in [2.05, 4.69) is 9.97 Å². The molecule has 5 heterocycles. The third-order valence-electron chi connectivity index (χ3n) is 5.19. The van der Waals surface area contributed by atoms with Crippen LogP contribution >= 0.6 is 0 Å². The van der Waals surface area contributed by atoms with E-state index in [0.29, 0.717) is 44.8 Å². The van der Waals surface area contributed by atoms with Crippen LogP contribution < -0.4 is 11.5 Å². The fourth-order valence-corrected chi connectivity index (χ4v) is 3.78. The Morgan fingerprint density at radius 2 is 1.06 bits per heavy atom. The van der Waals surface area contributed by atoms with Gasteiger partial charge < -0.3 is 11.5 Å². The molecule has 0 radical (unpaired) electrons. The summed E-state index contributed by atoms with van der Waals surface area (Å²) < 4.78 is 11.4. The topological polar surface area (TPSA) is 122 Å². The van der Waals surface area contributed by atoms with E-state index in [1.807, 2.05) is 18.2 Å². The molecule has 0 saturated carbocycles. The first kappa shape index (κ1) is 18.6. The number of nitrogens with zero attached hydrogens (tertiary/aromatic N) is 4. The van der Waals surface area contributed by atoms with Crippen LogP contribution in [0.15, 0.2) is 48.5 Å². The lowest BCUT2D eigenvalue weighted by Crippen LogP contribution is -2.20. The average molecular weight is 425 g/mol. The van der Waals surface area contributed by atoms with Gasteiger partial charge >= 0.3 is 0 Å². The van der Waals surface area contributed by atoms with E-state index in [1.165, 1.54) is 4.57 Å². The maximum atomic E-state index is 12.6. The summed E-state index contributed by atoms with van der Waals surface area (Å²) in [6.07, 6.45) is 7.20. The molecule has 4 N–H and O–H groups in total. The first-order valence-electron chi connectivity index (χ1n) is 10.5. The lowest BCUT2D eigenvalue weighted by atomic mass is 10.3. The number of carbonyl (C=O) groups excluding carboxylic acids is 2. The molecule has 32 heavy (non-hydrogen) atoms. The molecule has 2 aliphatic rings. The number of fused-ring (bicyclic) bond motifs is 8. The first-order chi connectivity index (χ1) is 16.0. The molecule has 0 aliphatic carbocycles. The van der Waals surface area contributed by atoms with Crippen molar-refractivity contribution in [2.75, 3.05) is 13.1 Å². The largest absolute Gasteiger partial charge is 0.322 e. The van der Waals surface area contributed by atoms with Crippen LogP contribution in [0.3, 0.4) is 0 Å². The van der Waals surface area contributed by atoms with Gasteiger partial charge in [-0.25, -0.2) is 9.97 Å². The van der Waals surface area contributed by atoms with Crippen LogP contribution in [0.5, 0.6) is 0 Å². The zero-order valence-electron chi connectivity index (χ0n) is 18.0. The molecule has 8 bridgehead atoms. The van der Waals surface area contributed by atoms with E-state index in [1.54, 1.807) is 53.1 Å². The van der Waals surface area contributed by atoms with E-state index < -0.39 is 0 Å². The summed E-state index contributed by atoms with van der Waals surface area (Å²) in [5, 5.41) is 0. The third-order valence-corrected chi connectivity index (χ3v) is 5.19. The number of hydrogen-bond donors (Lipinski definition) is 2. The normalized spacial score (nSPS) is 12.8. The van der Waals surface area contributed by atoms with E-state index in [-0.39, 0.29) is 30.9 Å². The smallest absolute Gasteiger partial charge is 0.245 e. The summed E-state index contributed by atoms with van der Waals surface area (Å²) in [6, 6.07) is 12.4. The Morgan fingerprint density at radius 1 is 0.688 bits per heavy atom. The van der Waals surface area contributed by atoms with Crippen molar-refractivity contribution in [3.8, 4) is 0 Å². The minimum atomic E-state index is -0.340. The molecule has 3 aromatic rings. The van der Waals surface area contributed by atoms with E-state index in [9.17, 15) is 9.59 Å². The molecule has 158 valence electrons. The highest BCUT2D eigenvalue weighted by atomic mass is 16.2. The van der Waals surface area contributed by atoms with Gasteiger partial charge in [0.15, 0.2) is 0 Å². The number of aromatic nitrogens is 4. The highest BCUT2D eigenvalue weighted by Crippen LogP contribution is 2.20. The van der Waals surface area contributed by atoms with Crippen molar-refractivity contribution < 1.29 is 11.0 Å². The fraction of sp³-hybridized carbons (Fsp3) is 0.0833. The highest BCUT2D eigenvalue weighted by molar-refractivity contribution is 5.93. The second-order valence-corrected chi connectivity index (χ2v) is 7.32. The van der Waals surface area contributed by atoms with Crippen molar-refractivity contribution in [2.24, 2.45) is 11.5 Å². The number of hydrogen-bond acceptors (Lipinski definition) is 6. The Bertz CT molecular complexity index is 1540. The van der Waals surface area contributed by atoms with Gasteiger partial charge in [0, 0.05) is 0 Å². The molecule has 8 nitrogen and oxygen atoms in total. The molecule has 3 aromatic heterocycles. The Labute approximate surface area is 184 Å². The van der Waals surface area contributed by atoms with Crippen LogP contribution in [0.2, 0.25) is 0 Å². The molecule has 0 fully saturated rings. The molecule has 8 heteroatoms. The molecule has 0 atom stereocenters.